The monoisotopic (exact) mass is 219 g/mol. The molecular weight excluding hydrogens is 198 g/mol. The van der Waals surface area contributed by atoms with Gasteiger partial charge in [0.25, 0.3) is 0 Å². The molecule has 0 bridgehead atoms. The van der Waals surface area contributed by atoms with Crippen molar-refractivity contribution < 1.29 is 5.11 Å². The van der Waals surface area contributed by atoms with Crippen molar-refractivity contribution in [1.82, 2.24) is 5.32 Å². The lowest BCUT2D eigenvalue weighted by molar-refractivity contribution is 0.251. The van der Waals surface area contributed by atoms with Crippen LogP contribution in [0.1, 0.15) is 49.8 Å². The van der Waals surface area contributed by atoms with Crippen molar-refractivity contribution in [2.75, 3.05) is 6.61 Å². The van der Waals surface area contributed by atoms with E-state index in [1.165, 1.54) is 11.1 Å². The fourth-order valence-corrected chi connectivity index (χ4v) is 2.56. The second-order valence-corrected chi connectivity index (χ2v) is 4.96. The summed E-state index contributed by atoms with van der Waals surface area (Å²) in [5.41, 5.74) is 2.84. The van der Waals surface area contributed by atoms with Crippen molar-refractivity contribution in [2.24, 2.45) is 0 Å². The lowest BCUT2D eigenvalue weighted by atomic mass is 9.92. The molecule has 0 saturated carbocycles. The van der Waals surface area contributed by atoms with Gasteiger partial charge in [0.2, 0.25) is 0 Å². The molecule has 0 aliphatic carbocycles. The normalized spacial score (nSPS) is 25.2. The minimum absolute atomic E-state index is 0.250. The zero-order valence-corrected chi connectivity index (χ0v) is 10.1. The second kappa shape index (κ2) is 4.98. The Labute approximate surface area is 97.7 Å². The van der Waals surface area contributed by atoms with Gasteiger partial charge in [0.05, 0.1) is 6.61 Å². The van der Waals surface area contributed by atoms with Crippen molar-refractivity contribution in [1.29, 1.82) is 0 Å². The highest BCUT2D eigenvalue weighted by Gasteiger charge is 2.25. The van der Waals surface area contributed by atoms with Crippen LogP contribution >= 0.6 is 0 Å². The van der Waals surface area contributed by atoms with Gasteiger partial charge in [-0.1, -0.05) is 38.1 Å². The summed E-state index contributed by atoms with van der Waals surface area (Å²) < 4.78 is 0. The molecule has 2 rings (SSSR count). The van der Waals surface area contributed by atoms with Crippen LogP contribution in [0.3, 0.4) is 0 Å². The Bertz CT molecular complexity index is 348. The van der Waals surface area contributed by atoms with Crippen LogP contribution in [0.15, 0.2) is 24.3 Å². The molecule has 2 heteroatoms. The van der Waals surface area contributed by atoms with Crippen molar-refractivity contribution in [3.05, 3.63) is 35.4 Å². The Balaban J connectivity index is 2.20. The number of rotatable bonds is 3. The quantitative estimate of drug-likeness (QED) is 0.819. The summed E-state index contributed by atoms with van der Waals surface area (Å²) in [6.45, 7) is 4.72. The van der Waals surface area contributed by atoms with Crippen LogP contribution in [0.5, 0.6) is 0 Å². The highest BCUT2D eigenvalue weighted by molar-refractivity contribution is 5.33. The van der Waals surface area contributed by atoms with E-state index < -0.39 is 0 Å². The van der Waals surface area contributed by atoms with Gasteiger partial charge in [0.1, 0.15) is 0 Å². The molecule has 1 aromatic rings. The number of aliphatic hydroxyl groups is 1. The van der Waals surface area contributed by atoms with Crippen LogP contribution in [0, 0.1) is 0 Å². The Hall–Kier alpha value is -0.860. The summed E-state index contributed by atoms with van der Waals surface area (Å²) in [5.74, 6) is 0.561. The third kappa shape index (κ3) is 2.28. The van der Waals surface area contributed by atoms with Crippen LogP contribution < -0.4 is 5.32 Å². The van der Waals surface area contributed by atoms with Gasteiger partial charge in [-0.05, 0) is 29.9 Å². The molecule has 0 aromatic heterocycles. The first-order valence-corrected chi connectivity index (χ1v) is 6.18. The second-order valence-electron chi connectivity index (χ2n) is 4.96. The largest absolute Gasteiger partial charge is 0.395 e. The molecule has 1 fully saturated rings. The van der Waals surface area contributed by atoms with Crippen LogP contribution in [0.4, 0.5) is 0 Å². The molecule has 1 heterocycles. The van der Waals surface area contributed by atoms with Crippen LogP contribution in [0.2, 0.25) is 0 Å². The molecule has 1 aromatic carbocycles. The Morgan fingerprint density at radius 1 is 1.31 bits per heavy atom. The predicted octanol–water partition coefficient (Wildman–Crippen LogP) is 2.60. The summed E-state index contributed by atoms with van der Waals surface area (Å²) >= 11 is 0. The summed E-state index contributed by atoms with van der Waals surface area (Å²) in [6.07, 6.45) is 2.21. The lowest BCUT2D eigenvalue weighted by Crippen LogP contribution is -2.27. The minimum Gasteiger partial charge on any atom is -0.395 e. The van der Waals surface area contributed by atoms with E-state index in [4.69, 9.17) is 5.11 Å². The maximum atomic E-state index is 9.15. The molecule has 0 amide bonds. The van der Waals surface area contributed by atoms with E-state index in [1.807, 2.05) is 0 Å². The molecule has 0 radical (unpaired) electrons. The molecular formula is C14H21NO. The summed E-state index contributed by atoms with van der Waals surface area (Å²) in [7, 11) is 0. The summed E-state index contributed by atoms with van der Waals surface area (Å²) in [4.78, 5) is 0. The minimum atomic E-state index is 0.250. The predicted molar refractivity (Wildman–Crippen MR) is 66.5 cm³/mol. The zero-order valence-electron chi connectivity index (χ0n) is 10.1. The lowest BCUT2D eigenvalue weighted by Gasteiger charge is -2.19. The van der Waals surface area contributed by atoms with Gasteiger partial charge in [-0.2, -0.15) is 0 Å². The van der Waals surface area contributed by atoms with Gasteiger partial charge in [-0.15, -0.1) is 0 Å². The van der Waals surface area contributed by atoms with Crippen molar-refractivity contribution >= 4 is 0 Å². The molecule has 2 nitrogen and oxygen atoms in total. The topological polar surface area (TPSA) is 32.3 Å². The van der Waals surface area contributed by atoms with Crippen molar-refractivity contribution in [2.45, 2.75) is 44.7 Å². The third-order valence-corrected chi connectivity index (χ3v) is 3.45. The molecule has 88 valence electrons. The van der Waals surface area contributed by atoms with Gasteiger partial charge in [-0.25, -0.2) is 0 Å². The van der Waals surface area contributed by atoms with Crippen molar-refractivity contribution in [3.63, 3.8) is 0 Å². The van der Waals surface area contributed by atoms with E-state index in [-0.39, 0.29) is 12.6 Å². The molecule has 0 spiro atoms. The summed E-state index contributed by atoms with van der Waals surface area (Å²) in [6, 6.07) is 9.36. The van der Waals surface area contributed by atoms with Crippen LogP contribution in [-0.2, 0) is 0 Å². The van der Waals surface area contributed by atoms with Crippen LogP contribution in [0.25, 0.3) is 0 Å². The zero-order chi connectivity index (χ0) is 11.5. The summed E-state index contributed by atoms with van der Waals surface area (Å²) in [5, 5.41) is 12.6. The van der Waals surface area contributed by atoms with Gasteiger partial charge in [0, 0.05) is 12.1 Å². The standard InChI is InChI=1S/C14H21NO/c1-10(2)12-5-3-4-6-13(12)14-8-7-11(9-16)15-14/h3-6,10-11,14-16H,7-9H2,1-2H3. The van der Waals surface area contributed by atoms with Gasteiger partial charge < -0.3 is 10.4 Å². The number of aliphatic hydroxyl groups excluding tert-OH is 1. The molecule has 2 N–H and O–H groups in total. The average molecular weight is 219 g/mol. The van der Waals surface area contributed by atoms with E-state index in [0.29, 0.717) is 12.0 Å². The molecule has 1 aliphatic rings. The van der Waals surface area contributed by atoms with Crippen LogP contribution in [-0.4, -0.2) is 17.8 Å². The average Bonchev–Trinajstić information content (AvgIpc) is 2.77. The SMILES string of the molecule is CC(C)c1ccccc1C1CCC(CO)N1. The third-order valence-electron chi connectivity index (χ3n) is 3.45. The van der Waals surface area contributed by atoms with E-state index in [0.717, 1.165) is 12.8 Å². The first kappa shape index (κ1) is 11.6. The van der Waals surface area contributed by atoms with E-state index in [1.54, 1.807) is 0 Å². The highest BCUT2D eigenvalue weighted by Crippen LogP contribution is 2.31. The maximum Gasteiger partial charge on any atom is 0.0584 e. The van der Waals surface area contributed by atoms with Gasteiger partial charge >= 0.3 is 0 Å². The molecule has 16 heavy (non-hydrogen) atoms. The number of hydrogen-bond acceptors (Lipinski definition) is 2. The first-order chi connectivity index (χ1) is 7.72. The Morgan fingerprint density at radius 3 is 2.69 bits per heavy atom. The maximum absolute atomic E-state index is 9.15. The van der Waals surface area contributed by atoms with E-state index in [2.05, 4.69) is 43.4 Å². The fourth-order valence-electron chi connectivity index (χ4n) is 2.56. The Kier molecular flexibility index (Phi) is 3.62. The molecule has 1 saturated heterocycles. The van der Waals surface area contributed by atoms with Gasteiger partial charge in [0.15, 0.2) is 0 Å². The first-order valence-electron chi connectivity index (χ1n) is 6.18. The van der Waals surface area contributed by atoms with E-state index in [9.17, 15) is 0 Å². The Morgan fingerprint density at radius 2 is 2.06 bits per heavy atom. The fraction of sp³-hybridized carbons (Fsp3) is 0.571. The smallest absolute Gasteiger partial charge is 0.0584 e. The molecule has 1 aliphatic heterocycles. The van der Waals surface area contributed by atoms with Gasteiger partial charge in [-0.3, -0.25) is 0 Å². The number of benzene rings is 1. The highest BCUT2D eigenvalue weighted by atomic mass is 16.3. The number of hydrogen-bond donors (Lipinski definition) is 2. The molecule has 2 atom stereocenters. The molecule has 2 unspecified atom stereocenters. The van der Waals surface area contributed by atoms with Crippen molar-refractivity contribution in [3.8, 4) is 0 Å². The van der Waals surface area contributed by atoms with E-state index >= 15 is 0 Å². The number of nitrogens with one attached hydrogen (secondary N) is 1.